The number of aryl methyl sites for hydroxylation is 1. The highest BCUT2D eigenvalue weighted by Gasteiger charge is 2.38. The van der Waals surface area contributed by atoms with Gasteiger partial charge in [-0.05, 0) is 18.1 Å². The zero-order valence-corrected chi connectivity index (χ0v) is 17.2. The summed E-state index contributed by atoms with van der Waals surface area (Å²) >= 11 is 0. The Morgan fingerprint density at radius 2 is 2.00 bits per heavy atom. The van der Waals surface area contributed by atoms with E-state index < -0.39 is 41.4 Å². The lowest BCUT2D eigenvalue weighted by atomic mass is 10.0. The number of hydrogen-bond acceptors (Lipinski definition) is 5. The lowest BCUT2D eigenvalue weighted by molar-refractivity contribution is -0.141. The smallest absolute Gasteiger partial charge is 0.339 e. The van der Waals surface area contributed by atoms with Crippen molar-refractivity contribution in [2.75, 3.05) is 11.9 Å². The molecular formula is C20H17F5N6O2. The van der Waals surface area contributed by atoms with Crippen LogP contribution in [0, 0.1) is 11.6 Å². The van der Waals surface area contributed by atoms with Gasteiger partial charge in [0.2, 0.25) is 0 Å². The van der Waals surface area contributed by atoms with Gasteiger partial charge in [-0.3, -0.25) is 14.5 Å². The normalized spacial score (nSPS) is 18.5. The number of rotatable bonds is 4. The van der Waals surface area contributed by atoms with Crippen molar-refractivity contribution in [2.45, 2.75) is 38.0 Å². The molecule has 0 fully saturated rings. The molecule has 1 N–H and O–H groups in total. The molecule has 4 rings (SSSR count). The number of likely N-dealkylation sites (N-methyl/N-ethyl adjacent to an activating group) is 1. The molecule has 1 aromatic heterocycles. The Bertz CT molecular complexity index is 1190. The minimum atomic E-state index is -4.65. The lowest BCUT2D eigenvalue weighted by Gasteiger charge is -2.20. The van der Waals surface area contributed by atoms with Crippen LogP contribution in [0.15, 0.2) is 34.5 Å². The maximum Gasteiger partial charge on any atom is 0.435 e. The van der Waals surface area contributed by atoms with Gasteiger partial charge in [-0.2, -0.15) is 23.4 Å². The molecule has 0 saturated heterocycles. The maximum atomic E-state index is 13.9. The van der Waals surface area contributed by atoms with E-state index >= 15 is 0 Å². The van der Waals surface area contributed by atoms with Crippen molar-refractivity contribution in [3.8, 4) is 0 Å². The van der Waals surface area contributed by atoms with Crippen LogP contribution in [-0.2, 0) is 28.7 Å². The minimum absolute atomic E-state index is 0.0103. The van der Waals surface area contributed by atoms with Crippen LogP contribution >= 0.6 is 0 Å². The van der Waals surface area contributed by atoms with E-state index in [0.29, 0.717) is 5.71 Å². The molecule has 2 aliphatic heterocycles. The lowest BCUT2D eigenvalue weighted by Crippen LogP contribution is -2.48. The molecule has 3 heterocycles. The first kappa shape index (κ1) is 22.6. The van der Waals surface area contributed by atoms with Crippen molar-refractivity contribution in [1.82, 2.24) is 15.1 Å². The summed E-state index contributed by atoms with van der Waals surface area (Å²) in [6, 6.07) is 3.49. The van der Waals surface area contributed by atoms with Crippen molar-refractivity contribution in [2.24, 2.45) is 10.2 Å². The number of carbonyl (C=O) groups is 2. The van der Waals surface area contributed by atoms with E-state index in [0.717, 1.165) is 21.7 Å². The second-order valence-electron chi connectivity index (χ2n) is 7.60. The van der Waals surface area contributed by atoms with E-state index in [4.69, 9.17) is 0 Å². The van der Waals surface area contributed by atoms with Crippen molar-refractivity contribution < 1.29 is 31.5 Å². The van der Waals surface area contributed by atoms with Crippen LogP contribution in [-0.4, -0.2) is 46.1 Å². The number of anilines is 1. The standard InChI is InChI=1S/C20H17F5N6O2/c1-30-16-9-15(20(23,24)25)29-31(16)6-5-13(19(30)33)26-18(32)14-8-11(27-28-14)7-10-3-2-4-12(21)17(10)22/h2-4,9,13H,5-8H2,1H3,(H,26,32)/t13-/m0/s1. The fraction of sp³-hybridized carbons (Fsp3) is 0.350. The molecule has 0 aliphatic carbocycles. The van der Waals surface area contributed by atoms with Crippen molar-refractivity contribution in [3.05, 3.63) is 47.2 Å². The van der Waals surface area contributed by atoms with Crippen molar-refractivity contribution in [1.29, 1.82) is 0 Å². The summed E-state index contributed by atoms with van der Waals surface area (Å²) in [5.74, 6) is -3.34. The molecule has 2 aliphatic rings. The third-order valence-electron chi connectivity index (χ3n) is 5.33. The van der Waals surface area contributed by atoms with Gasteiger partial charge in [-0.25, -0.2) is 13.5 Å². The first-order valence-electron chi connectivity index (χ1n) is 9.83. The molecule has 1 aromatic carbocycles. The van der Waals surface area contributed by atoms with E-state index in [2.05, 4.69) is 20.6 Å². The number of nitrogens with zero attached hydrogens (tertiary/aromatic N) is 5. The van der Waals surface area contributed by atoms with Crippen LogP contribution < -0.4 is 10.2 Å². The van der Waals surface area contributed by atoms with Gasteiger partial charge in [-0.1, -0.05) is 12.1 Å². The van der Waals surface area contributed by atoms with Gasteiger partial charge in [0.25, 0.3) is 11.8 Å². The van der Waals surface area contributed by atoms with E-state index in [1.165, 1.54) is 19.2 Å². The summed E-state index contributed by atoms with van der Waals surface area (Å²) in [6.07, 6.45) is -4.70. The highest BCUT2D eigenvalue weighted by molar-refractivity contribution is 6.43. The van der Waals surface area contributed by atoms with Crippen LogP contribution in [0.1, 0.15) is 24.1 Å². The van der Waals surface area contributed by atoms with Gasteiger partial charge in [0, 0.05) is 32.5 Å². The van der Waals surface area contributed by atoms with Crippen molar-refractivity contribution >= 4 is 29.1 Å². The van der Waals surface area contributed by atoms with Crippen LogP contribution in [0.3, 0.4) is 0 Å². The predicted octanol–water partition coefficient (Wildman–Crippen LogP) is 2.47. The number of fused-ring (bicyclic) bond motifs is 1. The zero-order chi connectivity index (χ0) is 23.9. The molecule has 13 heteroatoms. The number of hydrogen-bond donors (Lipinski definition) is 1. The number of nitrogens with one attached hydrogen (secondary N) is 1. The number of aromatic nitrogens is 2. The molecule has 2 aromatic rings. The maximum absolute atomic E-state index is 13.9. The number of halogens is 5. The van der Waals surface area contributed by atoms with Crippen LogP contribution in [0.2, 0.25) is 0 Å². The van der Waals surface area contributed by atoms with E-state index in [1.807, 2.05) is 0 Å². The van der Waals surface area contributed by atoms with Gasteiger partial charge >= 0.3 is 6.18 Å². The number of amides is 2. The topological polar surface area (TPSA) is 92.0 Å². The number of carbonyl (C=O) groups excluding carboxylic acids is 2. The predicted molar refractivity (Wildman–Crippen MR) is 107 cm³/mol. The summed E-state index contributed by atoms with van der Waals surface area (Å²) in [4.78, 5) is 26.3. The van der Waals surface area contributed by atoms with Gasteiger partial charge in [0.05, 0.1) is 5.71 Å². The van der Waals surface area contributed by atoms with Crippen LogP contribution in [0.25, 0.3) is 0 Å². The van der Waals surface area contributed by atoms with Gasteiger partial charge < -0.3 is 5.32 Å². The van der Waals surface area contributed by atoms with E-state index in [-0.39, 0.29) is 42.9 Å². The highest BCUT2D eigenvalue weighted by atomic mass is 19.4. The summed E-state index contributed by atoms with van der Waals surface area (Å²) in [5.41, 5.74) is -0.717. The third-order valence-corrected chi connectivity index (χ3v) is 5.33. The fourth-order valence-corrected chi connectivity index (χ4v) is 3.60. The first-order chi connectivity index (χ1) is 15.5. The Morgan fingerprint density at radius 1 is 1.24 bits per heavy atom. The summed E-state index contributed by atoms with van der Waals surface area (Å²) in [7, 11) is 1.29. The van der Waals surface area contributed by atoms with Gasteiger partial charge in [0.15, 0.2) is 17.3 Å². The quantitative estimate of drug-likeness (QED) is 0.699. The third kappa shape index (κ3) is 4.47. The van der Waals surface area contributed by atoms with E-state index in [1.54, 1.807) is 0 Å². The molecule has 0 bridgehead atoms. The Kier molecular flexibility index (Phi) is 5.72. The monoisotopic (exact) mass is 468 g/mol. The van der Waals surface area contributed by atoms with E-state index in [9.17, 15) is 31.5 Å². The zero-order valence-electron chi connectivity index (χ0n) is 17.2. The van der Waals surface area contributed by atoms with Gasteiger partial charge in [-0.15, -0.1) is 5.10 Å². The Labute approximate surface area is 183 Å². The molecule has 8 nitrogen and oxygen atoms in total. The van der Waals surface area contributed by atoms with Crippen molar-refractivity contribution in [3.63, 3.8) is 0 Å². The molecule has 2 amide bonds. The second-order valence-corrected chi connectivity index (χ2v) is 7.60. The molecule has 1 atom stereocenters. The highest BCUT2D eigenvalue weighted by Crippen LogP contribution is 2.32. The Morgan fingerprint density at radius 3 is 2.73 bits per heavy atom. The number of benzene rings is 1. The average molecular weight is 468 g/mol. The first-order valence-corrected chi connectivity index (χ1v) is 9.83. The van der Waals surface area contributed by atoms with Crippen LogP contribution in [0.4, 0.5) is 27.8 Å². The summed E-state index contributed by atoms with van der Waals surface area (Å²) in [6.45, 7) is -0.0283. The average Bonchev–Trinajstić information content (AvgIpc) is 3.38. The molecule has 0 radical (unpaired) electrons. The molecule has 33 heavy (non-hydrogen) atoms. The molecule has 174 valence electrons. The largest absolute Gasteiger partial charge is 0.435 e. The molecular weight excluding hydrogens is 451 g/mol. The molecule has 0 spiro atoms. The second kappa shape index (κ2) is 8.37. The number of alkyl halides is 3. The fourth-order valence-electron chi connectivity index (χ4n) is 3.60. The Balaban J connectivity index is 1.38. The summed E-state index contributed by atoms with van der Waals surface area (Å²) < 4.78 is 67.1. The summed E-state index contributed by atoms with van der Waals surface area (Å²) in [5, 5.41) is 13.7. The molecule has 0 unspecified atom stereocenters. The SMILES string of the molecule is CN1C(=O)[C@@H](NC(=O)C2=NN=C(Cc3cccc(F)c3F)C2)CCn2nc(C(F)(F)F)cc21. The Hall–Kier alpha value is -3.64. The van der Waals surface area contributed by atoms with Gasteiger partial charge in [0.1, 0.15) is 17.6 Å². The minimum Gasteiger partial charge on any atom is -0.339 e. The van der Waals surface area contributed by atoms with Crippen LogP contribution in [0.5, 0.6) is 0 Å². The molecule has 0 saturated carbocycles.